The minimum Gasteiger partial charge on any atom is -0.466 e. The zero-order chi connectivity index (χ0) is 11.9. The molecule has 1 saturated heterocycles. The summed E-state index contributed by atoms with van der Waals surface area (Å²) in [5.74, 6) is -0.200. The third-order valence-electron chi connectivity index (χ3n) is 2.69. The van der Waals surface area contributed by atoms with E-state index in [2.05, 4.69) is 5.32 Å². The second-order valence-corrected chi connectivity index (χ2v) is 4.07. The highest BCUT2D eigenvalue weighted by Crippen LogP contribution is 2.18. The summed E-state index contributed by atoms with van der Waals surface area (Å²) in [5, 5.41) is 13.2. The Balaban J connectivity index is 2.07. The van der Waals surface area contributed by atoms with Crippen LogP contribution in [0.5, 0.6) is 0 Å². The van der Waals surface area contributed by atoms with Crippen LogP contribution in [0, 0.1) is 0 Å². The molecule has 0 radical (unpaired) electrons. The predicted octanol–water partition coefficient (Wildman–Crippen LogP) is 0.0707. The minimum atomic E-state index is -0.674. The van der Waals surface area contributed by atoms with Crippen molar-refractivity contribution < 1.29 is 19.4 Å². The van der Waals surface area contributed by atoms with Crippen molar-refractivity contribution in [1.29, 1.82) is 0 Å². The number of ether oxygens (including phenoxy) is 2. The Bertz CT molecular complexity index is 214. The SMILES string of the molecule is CCOC(=O)CCNCC1(O)CCOCC1. The second-order valence-electron chi connectivity index (χ2n) is 4.07. The number of aliphatic hydroxyl groups is 1. The van der Waals surface area contributed by atoms with Gasteiger partial charge in [0.05, 0.1) is 18.6 Å². The summed E-state index contributed by atoms with van der Waals surface area (Å²) in [4.78, 5) is 11.0. The van der Waals surface area contributed by atoms with Crippen LogP contribution in [0.25, 0.3) is 0 Å². The second kappa shape index (κ2) is 6.83. The van der Waals surface area contributed by atoms with Crippen LogP contribution in [-0.4, -0.2) is 49.6 Å². The third kappa shape index (κ3) is 4.92. The molecule has 0 atom stereocenters. The third-order valence-corrected chi connectivity index (χ3v) is 2.69. The molecule has 16 heavy (non-hydrogen) atoms. The molecule has 1 fully saturated rings. The van der Waals surface area contributed by atoms with Gasteiger partial charge in [0.1, 0.15) is 0 Å². The van der Waals surface area contributed by atoms with Crippen LogP contribution in [0.15, 0.2) is 0 Å². The molecule has 0 spiro atoms. The molecule has 0 aromatic heterocycles. The largest absolute Gasteiger partial charge is 0.466 e. The summed E-state index contributed by atoms with van der Waals surface area (Å²) in [6, 6.07) is 0. The maximum absolute atomic E-state index is 11.0. The van der Waals surface area contributed by atoms with Gasteiger partial charge in [0, 0.05) is 39.1 Å². The quantitative estimate of drug-likeness (QED) is 0.500. The Hall–Kier alpha value is -0.650. The van der Waals surface area contributed by atoms with Gasteiger partial charge in [-0.1, -0.05) is 0 Å². The first-order chi connectivity index (χ1) is 7.66. The van der Waals surface area contributed by atoms with Gasteiger partial charge < -0.3 is 19.9 Å². The van der Waals surface area contributed by atoms with Gasteiger partial charge in [-0.25, -0.2) is 0 Å². The molecular weight excluding hydrogens is 210 g/mol. The lowest BCUT2D eigenvalue weighted by Crippen LogP contribution is -2.45. The van der Waals surface area contributed by atoms with E-state index in [0.29, 0.717) is 52.2 Å². The van der Waals surface area contributed by atoms with Gasteiger partial charge in [-0.15, -0.1) is 0 Å². The monoisotopic (exact) mass is 231 g/mol. The van der Waals surface area contributed by atoms with Crippen LogP contribution >= 0.6 is 0 Å². The minimum absolute atomic E-state index is 0.200. The fourth-order valence-electron chi connectivity index (χ4n) is 1.67. The molecule has 0 unspecified atom stereocenters. The van der Waals surface area contributed by atoms with Crippen molar-refractivity contribution >= 4 is 5.97 Å². The highest BCUT2D eigenvalue weighted by atomic mass is 16.5. The standard InChI is InChI=1S/C11H21NO4/c1-2-16-10(13)3-6-12-9-11(14)4-7-15-8-5-11/h12,14H,2-9H2,1H3. The molecule has 5 heteroatoms. The van der Waals surface area contributed by atoms with E-state index >= 15 is 0 Å². The van der Waals surface area contributed by atoms with Crippen molar-refractivity contribution in [2.45, 2.75) is 31.8 Å². The molecule has 1 rings (SSSR count). The van der Waals surface area contributed by atoms with Gasteiger partial charge in [-0.2, -0.15) is 0 Å². The molecule has 0 amide bonds. The zero-order valence-corrected chi connectivity index (χ0v) is 9.83. The molecule has 94 valence electrons. The van der Waals surface area contributed by atoms with E-state index in [1.807, 2.05) is 0 Å². The molecular formula is C11H21NO4. The van der Waals surface area contributed by atoms with Crippen LogP contribution in [0.1, 0.15) is 26.2 Å². The Morgan fingerprint density at radius 2 is 2.19 bits per heavy atom. The summed E-state index contributed by atoms with van der Waals surface area (Å²) < 4.78 is 9.98. The van der Waals surface area contributed by atoms with Gasteiger partial charge in [0.2, 0.25) is 0 Å². The number of rotatable bonds is 6. The molecule has 1 heterocycles. The number of carbonyl (C=O) groups is 1. The molecule has 1 aliphatic heterocycles. The van der Waals surface area contributed by atoms with Crippen LogP contribution in [-0.2, 0) is 14.3 Å². The number of carbonyl (C=O) groups excluding carboxylic acids is 1. The lowest BCUT2D eigenvalue weighted by molar-refractivity contribution is -0.143. The number of esters is 1. The lowest BCUT2D eigenvalue weighted by atomic mass is 9.94. The first-order valence-corrected chi connectivity index (χ1v) is 5.83. The Morgan fingerprint density at radius 3 is 2.81 bits per heavy atom. The number of hydrogen-bond donors (Lipinski definition) is 2. The first kappa shape index (κ1) is 13.4. The molecule has 0 aliphatic carbocycles. The van der Waals surface area contributed by atoms with Gasteiger partial charge in [-0.05, 0) is 6.92 Å². The smallest absolute Gasteiger partial charge is 0.307 e. The lowest BCUT2D eigenvalue weighted by Gasteiger charge is -2.32. The topological polar surface area (TPSA) is 67.8 Å². The molecule has 5 nitrogen and oxygen atoms in total. The van der Waals surface area contributed by atoms with Crippen molar-refractivity contribution in [2.75, 3.05) is 32.9 Å². The maximum atomic E-state index is 11.0. The first-order valence-electron chi connectivity index (χ1n) is 5.83. The highest BCUT2D eigenvalue weighted by molar-refractivity contribution is 5.69. The van der Waals surface area contributed by atoms with Crippen LogP contribution in [0.3, 0.4) is 0 Å². The zero-order valence-electron chi connectivity index (χ0n) is 9.83. The van der Waals surface area contributed by atoms with E-state index < -0.39 is 5.60 Å². The van der Waals surface area contributed by atoms with Crippen LogP contribution in [0.4, 0.5) is 0 Å². The van der Waals surface area contributed by atoms with Gasteiger partial charge in [0.25, 0.3) is 0 Å². The van der Waals surface area contributed by atoms with Crippen molar-refractivity contribution in [2.24, 2.45) is 0 Å². The van der Waals surface area contributed by atoms with Crippen molar-refractivity contribution in [1.82, 2.24) is 5.32 Å². The van der Waals surface area contributed by atoms with E-state index in [1.54, 1.807) is 6.92 Å². The van der Waals surface area contributed by atoms with Crippen molar-refractivity contribution in [3.63, 3.8) is 0 Å². The number of nitrogens with one attached hydrogen (secondary N) is 1. The predicted molar refractivity (Wildman–Crippen MR) is 59.1 cm³/mol. The number of hydrogen-bond acceptors (Lipinski definition) is 5. The van der Waals surface area contributed by atoms with Gasteiger partial charge >= 0.3 is 5.97 Å². The molecule has 2 N–H and O–H groups in total. The summed E-state index contributed by atoms with van der Waals surface area (Å²) in [6.45, 7) is 4.47. The molecule has 0 saturated carbocycles. The summed E-state index contributed by atoms with van der Waals surface area (Å²) in [6.07, 6.45) is 1.65. The molecule has 0 bridgehead atoms. The van der Waals surface area contributed by atoms with E-state index in [0.717, 1.165) is 0 Å². The maximum Gasteiger partial charge on any atom is 0.307 e. The van der Waals surface area contributed by atoms with Crippen molar-refractivity contribution in [3.05, 3.63) is 0 Å². The van der Waals surface area contributed by atoms with Crippen LogP contribution in [0.2, 0.25) is 0 Å². The summed E-state index contributed by atoms with van der Waals surface area (Å²) in [7, 11) is 0. The van der Waals surface area contributed by atoms with Crippen molar-refractivity contribution in [3.8, 4) is 0 Å². The molecule has 0 aromatic carbocycles. The van der Waals surface area contributed by atoms with Gasteiger partial charge in [-0.3, -0.25) is 4.79 Å². The summed E-state index contributed by atoms with van der Waals surface area (Å²) in [5.41, 5.74) is -0.674. The fraction of sp³-hybridized carbons (Fsp3) is 0.909. The normalized spacial score (nSPS) is 19.4. The van der Waals surface area contributed by atoms with E-state index in [9.17, 15) is 9.90 Å². The fourth-order valence-corrected chi connectivity index (χ4v) is 1.67. The summed E-state index contributed by atoms with van der Waals surface area (Å²) >= 11 is 0. The van der Waals surface area contributed by atoms with E-state index in [-0.39, 0.29) is 5.97 Å². The Kier molecular flexibility index (Phi) is 5.73. The molecule has 1 aliphatic rings. The molecule has 0 aromatic rings. The average molecular weight is 231 g/mol. The van der Waals surface area contributed by atoms with Crippen LogP contribution < -0.4 is 5.32 Å². The van der Waals surface area contributed by atoms with E-state index in [1.165, 1.54) is 0 Å². The highest BCUT2D eigenvalue weighted by Gasteiger charge is 2.28. The Morgan fingerprint density at radius 1 is 1.50 bits per heavy atom. The average Bonchev–Trinajstić information content (AvgIpc) is 2.26. The van der Waals surface area contributed by atoms with E-state index in [4.69, 9.17) is 9.47 Å². The Labute approximate surface area is 96.1 Å². The van der Waals surface area contributed by atoms with Gasteiger partial charge in [0.15, 0.2) is 0 Å².